The molecule has 0 atom stereocenters. The van der Waals surface area contributed by atoms with Crippen LogP contribution in [0.2, 0.25) is 0 Å². The second-order valence-corrected chi connectivity index (χ2v) is 6.04. The summed E-state index contributed by atoms with van der Waals surface area (Å²) in [6.45, 7) is 0.872. The lowest BCUT2D eigenvalue weighted by Crippen LogP contribution is -2.25. The first-order chi connectivity index (χ1) is 13.7. The Morgan fingerprint density at radius 3 is 1.97 bits per heavy atom. The van der Waals surface area contributed by atoms with Crippen molar-refractivity contribution in [1.82, 2.24) is 5.43 Å². The van der Waals surface area contributed by atoms with Crippen molar-refractivity contribution in [2.75, 3.05) is 0 Å². The van der Waals surface area contributed by atoms with Gasteiger partial charge in [-0.25, -0.2) is 5.43 Å². The summed E-state index contributed by atoms with van der Waals surface area (Å²) in [5, 5.41) is 11.0. The van der Waals surface area contributed by atoms with Crippen molar-refractivity contribution >= 4 is 24.6 Å². The third-order valence-electron chi connectivity index (χ3n) is 3.84. The molecule has 0 saturated heterocycles. The number of hydrazone groups is 1. The fourth-order valence-electron chi connectivity index (χ4n) is 2.48. The van der Waals surface area contributed by atoms with Crippen LogP contribution in [0.5, 0.6) is 11.5 Å². The zero-order valence-corrected chi connectivity index (χ0v) is 16.6. The minimum Gasteiger partial charge on any atom is -0.485 e. The van der Waals surface area contributed by atoms with E-state index in [9.17, 15) is 0 Å². The quantitative estimate of drug-likeness (QED) is 0.296. The number of benzene rings is 3. The van der Waals surface area contributed by atoms with Gasteiger partial charge in [0.15, 0.2) is 11.5 Å². The van der Waals surface area contributed by atoms with Gasteiger partial charge >= 0.3 is 0 Å². The van der Waals surface area contributed by atoms with Gasteiger partial charge in [0.2, 0.25) is 5.96 Å². The number of nitrogens with two attached hydrogens (primary N) is 1. The average molecular weight is 411 g/mol. The standard InChI is InChI=1S/C22H22N4O2.ClH/c23-22(24)26-25-14-19-11-12-20(27-15-17-7-3-1-4-8-17)21(13-19)28-16-18-9-5-2-6-10-18;/h1-14H,15-16H2,(H4,23,24,26);1H/b25-14+;. The molecule has 3 aromatic carbocycles. The van der Waals surface area contributed by atoms with E-state index in [4.69, 9.17) is 20.6 Å². The fourth-order valence-corrected chi connectivity index (χ4v) is 2.48. The van der Waals surface area contributed by atoms with Crippen LogP contribution in [0.25, 0.3) is 0 Å². The van der Waals surface area contributed by atoms with E-state index < -0.39 is 0 Å². The van der Waals surface area contributed by atoms with Crippen LogP contribution >= 0.6 is 12.4 Å². The number of rotatable bonds is 8. The van der Waals surface area contributed by atoms with Crippen LogP contribution in [0, 0.1) is 5.41 Å². The Balaban J connectivity index is 0.00000300. The van der Waals surface area contributed by atoms with Crippen molar-refractivity contribution in [3.8, 4) is 11.5 Å². The number of nitrogens with one attached hydrogen (secondary N) is 2. The first-order valence-electron chi connectivity index (χ1n) is 8.81. The average Bonchev–Trinajstić information content (AvgIpc) is 2.73. The van der Waals surface area contributed by atoms with E-state index >= 15 is 0 Å². The molecule has 0 amide bonds. The van der Waals surface area contributed by atoms with Crippen LogP contribution < -0.4 is 20.6 Å². The minimum absolute atomic E-state index is 0. The molecule has 0 radical (unpaired) electrons. The Kier molecular flexibility index (Phi) is 8.53. The molecule has 3 aromatic rings. The second-order valence-electron chi connectivity index (χ2n) is 6.04. The number of hydrogen-bond acceptors (Lipinski definition) is 4. The van der Waals surface area contributed by atoms with Gasteiger partial charge in [0.1, 0.15) is 13.2 Å². The Hall–Kier alpha value is -3.51. The number of guanidine groups is 1. The molecule has 6 nitrogen and oxygen atoms in total. The highest BCUT2D eigenvalue weighted by molar-refractivity contribution is 5.85. The van der Waals surface area contributed by atoms with E-state index in [0.717, 1.165) is 16.7 Å². The Labute approximate surface area is 176 Å². The predicted octanol–water partition coefficient (Wildman–Crippen LogP) is 4.08. The molecular formula is C22H23ClN4O2. The van der Waals surface area contributed by atoms with Gasteiger partial charge in [0.05, 0.1) is 6.21 Å². The topological polar surface area (TPSA) is 92.7 Å². The number of hydrogen-bond donors (Lipinski definition) is 3. The van der Waals surface area contributed by atoms with Crippen molar-refractivity contribution in [2.45, 2.75) is 13.2 Å². The van der Waals surface area contributed by atoms with Crippen LogP contribution in [0.15, 0.2) is 84.0 Å². The summed E-state index contributed by atoms with van der Waals surface area (Å²) in [6, 6.07) is 25.4. The predicted molar refractivity (Wildman–Crippen MR) is 118 cm³/mol. The van der Waals surface area contributed by atoms with Gasteiger partial charge in [-0.3, -0.25) is 5.41 Å². The summed E-state index contributed by atoms with van der Waals surface area (Å²) in [6.07, 6.45) is 1.57. The van der Waals surface area contributed by atoms with E-state index in [1.54, 1.807) is 6.21 Å². The molecule has 29 heavy (non-hydrogen) atoms. The van der Waals surface area contributed by atoms with E-state index in [0.29, 0.717) is 24.7 Å². The van der Waals surface area contributed by atoms with Crippen LogP contribution in [-0.4, -0.2) is 12.2 Å². The number of nitrogens with zero attached hydrogens (tertiary/aromatic N) is 1. The molecule has 7 heteroatoms. The molecule has 4 N–H and O–H groups in total. The third kappa shape index (κ3) is 7.20. The van der Waals surface area contributed by atoms with Gasteiger partial charge in [-0.05, 0) is 34.9 Å². The minimum atomic E-state index is -0.223. The van der Waals surface area contributed by atoms with E-state index in [2.05, 4.69) is 10.5 Å². The summed E-state index contributed by atoms with van der Waals surface area (Å²) >= 11 is 0. The van der Waals surface area contributed by atoms with Crippen molar-refractivity contribution in [2.24, 2.45) is 10.8 Å². The smallest absolute Gasteiger partial charge is 0.206 e. The molecule has 0 saturated carbocycles. The van der Waals surface area contributed by atoms with E-state index in [1.165, 1.54) is 0 Å². The highest BCUT2D eigenvalue weighted by atomic mass is 35.5. The Morgan fingerprint density at radius 2 is 1.41 bits per heavy atom. The third-order valence-corrected chi connectivity index (χ3v) is 3.84. The molecule has 0 heterocycles. The van der Waals surface area contributed by atoms with Gasteiger partial charge in [-0.1, -0.05) is 60.7 Å². The largest absolute Gasteiger partial charge is 0.485 e. The molecule has 0 bridgehead atoms. The summed E-state index contributed by atoms with van der Waals surface area (Å²) in [5.41, 5.74) is 10.6. The highest BCUT2D eigenvalue weighted by Crippen LogP contribution is 2.29. The zero-order chi connectivity index (χ0) is 19.6. The second kappa shape index (κ2) is 11.4. The molecule has 0 aromatic heterocycles. The molecule has 0 fully saturated rings. The summed E-state index contributed by atoms with van der Waals surface area (Å²) < 4.78 is 12.0. The molecule has 150 valence electrons. The fraction of sp³-hybridized carbons (Fsp3) is 0.0909. The van der Waals surface area contributed by atoms with E-state index in [1.807, 2.05) is 78.9 Å². The Morgan fingerprint density at radius 1 is 0.862 bits per heavy atom. The highest BCUT2D eigenvalue weighted by Gasteiger charge is 2.08. The lowest BCUT2D eigenvalue weighted by molar-refractivity contribution is 0.256. The molecule has 0 unspecified atom stereocenters. The summed E-state index contributed by atoms with van der Waals surface area (Å²) in [4.78, 5) is 0. The van der Waals surface area contributed by atoms with Crippen LogP contribution in [0.3, 0.4) is 0 Å². The summed E-state index contributed by atoms with van der Waals surface area (Å²) in [5.74, 6) is 1.04. The van der Waals surface area contributed by atoms with Crippen molar-refractivity contribution in [1.29, 1.82) is 5.41 Å². The van der Waals surface area contributed by atoms with Crippen molar-refractivity contribution < 1.29 is 9.47 Å². The zero-order valence-electron chi connectivity index (χ0n) is 15.7. The molecule has 0 aliphatic heterocycles. The lowest BCUT2D eigenvalue weighted by atomic mass is 10.2. The van der Waals surface area contributed by atoms with Crippen LogP contribution in [-0.2, 0) is 13.2 Å². The van der Waals surface area contributed by atoms with Gasteiger partial charge in [0, 0.05) is 0 Å². The SMILES string of the molecule is Cl.N=C(N)N/N=C/c1ccc(OCc2ccccc2)c(OCc2ccccc2)c1. The molecule has 0 aliphatic carbocycles. The maximum absolute atomic E-state index is 7.14. The molecule has 3 rings (SSSR count). The molecule has 0 spiro atoms. The Bertz CT molecular complexity index is 934. The van der Waals surface area contributed by atoms with Gasteiger partial charge < -0.3 is 15.2 Å². The van der Waals surface area contributed by atoms with Gasteiger partial charge in [0.25, 0.3) is 0 Å². The number of halogens is 1. The normalized spacial score (nSPS) is 10.2. The molecule has 0 aliphatic rings. The van der Waals surface area contributed by atoms with Gasteiger partial charge in [-0.15, -0.1) is 12.4 Å². The van der Waals surface area contributed by atoms with E-state index in [-0.39, 0.29) is 18.4 Å². The van der Waals surface area contributed by atoms with Crippen molar-refractivity contribution in [3.63, 3.8) is 0 Å². The van der Waals surface area contributed by atoms with Crippen LogP contribution in [0.1, 0.15) is 16.7 Å². The van der Waals surface area contributed by atoms with Gasteiger partial charge in [-0.2, -0.15) is 5.10 Å². The first kappa shape index (κ1) is 21.8. The molecular weight excluding hydrogens is 388 g/mol. The maximum atomic E-state index is 7.14. The first-order valence-corrected chi connectivity index (χ1v) is 8.81. The monoisotopic (exact) mass is 410 g/mol. The van der Waals surface area contributed by atoms with Crippen LogP contribution in [0.4, 0.5) is 0 Å². The van der Waals surface area contributed by atoms with Crippen molar-refractivity contribution in [3.05, 3.63) is 95.6 Å². The lowest BCUT2D eigenvalue weighted by Gasteiger charge is -2.14. The number of ether oxygens (including phenoxy) is 2. The summed E-state index contributed by atoms with van der Waals surface area (Å²) in [7, 11) is 0. The maximum Gasteiger partial charge on any atom is 0.206 e.